The zero-order valence-electron chi connectivity index (χ0n) is 12.7. The number of carbonyl (C=O) groups excluding carboxylic acids is 1. The van der Waals surface area contributed by atoms with E-state index >= 15 is 0 Å². The number of piperidine rings is 1. The number of halogens is 2. The van der Waals surface area contributed by atoms with Gasteiger partial charge >= 0.3 is 5.97 Å². The Bertz CT molecular complexity index is 558. The van der Waals surface area contributed by atoms with Crippen molar-refractivity contribution in [2.75, 3.05) is 13.7 Å². The molecule has 3 nitrogen and oxygen atoms in total. The quantitative estimate of drug-likeness (QED) is 0.847. The lowest BCUT2D eigenvalue weighted by Crippen LogP contribution is -2.38. The molecule has 1 N–H and O–H groups in total. The first-order chi connectivity index (χ1) is 10.4. The SMILES string of the molecule is COC(=O)c1ccc([C@@H]2CC3(CCN2)CCC(F)(F)C3)cc1. The fourth-order valence-electron chi connectivity index (χ4n) is 3.88. The molecule has 1 aromatic rings. The minimum Gasteiger partial charge on any atom is -0.465 e. The van der Waals surface area contributed by atoms with Gasteiger partial charge in [0.2, 0.25) is 5.92 Å². The number of rotatable bonds is 2. The van der Waals surface area contributed by atoms with E-state index in [0.29, 0.717) is 12.0 Å². The third-order valence-corrected chi connectivity index (χ3v) is 5.07. The van der Waals surface area contributed by atoms with E-state index in [1.165, 1.54) is 7.11 Å². The Morgan fingerprint density at radius 2 is 1.95 bits per heavy atom. The lowest BCUT2D eigenvalue weighted by Gasteiger charge is -2.39. The van der Waals surface area contributed by atoms with E-state index in [1.54, 1.807) is 12.1 Å². The van der Waals surface area contributed by atoms with Crippen LogP contribution in [0.3, 0.4) is 0 Å². The molecule has 3 rings (SSSR count). The molecule has 1 unspecified atom stereocenters. The lowest BCUT2D eigenvalue weighted by atomic mass is 9.73. The summed E-state index contributed by atoms with van der Waals surface area (Å²) in [7, 11) is 1.35. The Kier molecular flexibility index (Phi) is 3.93. The normalized spacial score (nSPS) is 30.4. The monoisotopic (exact) mass is 309 g/mol. The molecule has 0 radical (unpaired) electrons. The smallest absolute Gasteiger partial charge is 0.337 e. The van der Waals surface area contributed by atoms with Gasteiger partial charge in [-0.25, -0.2) is 13.6 Å². The highest BCUT2D eigenvalue weighted by molar-refractivity contribution is 5.89. The summed E-state index contributed by atoms with van der Waals surface area (Å²) in [6, 6.07) is 7.31. The van der Waals surface area contributed by atoms with Crippen molar-refractivity contribution in [1.82, 2.24) is 5.32 Å². The summed E-state index contributed by atoms with van der Waals surface area (Å²) in [6.07, 6.45) is 2.19. The zero-order valence-corrected chi connectivity index (χ0v) is 12.7. The van der Waals surface area contributed by atoms with Crippen LogP contribution >= 0.6 is 0 Å². The van der Waals surface area contributed by atoms with Crippen molar-refractivity contribution < 1.29 is 18.3 Å². The lowest BCUT2D eigenvalue weighted by molar-refractivity contribution is -0.00992. The minimum atomic E-state index is -2.50. The molecule has 2 aliphatic rings. The van der Waals surface area contributed by atoms with E-state index in [-0.39, 0.29) is 30.3 Å². The van der Waals surface area contributed by atoms with Crippen molar-refractivity contribution >= 4 is 5.97 Å². The molecule has 22 heavy (non-hydrogen) atoms. The van der Waals surface area contributed by atoms with Crippen LogP contribution in [0.2, 0.25) is 0 Å². The average Bonchev–Trinajstić information content (AvgIpc) is 2.81. The number of benzene rings is 1. The van der Waals surface area contributed by atoms with Crippen molar-refractivity contribution in [3.05, 3.63) is 35.4 Å². The fraction of sp³-hybridized carbons (Fsp3) is 0.588. The summed E-state index contributed by atoms with van der Waals surface area (Å²) in [5.41, 5.74) is 1.31. The summed E-state index contributed by atoms with van der Waals surface area (Å²) in [6.45, 7) is 0.763. The molecule has 0 bridgehead atoms. The van der Waals surface area contributed by atoms with Crippen molar-refractivity contribution in [1.29, 1.82) is 0 Å². The highest BCUT2D eigenvalue weighted by atomic mass is 19.3. The van der Waals surface area contributed by atoms with Gasteiger partial charge < -0.3 is 10.1 Å². The Balaban J connectivity index is 1.74. The number of ether oxygens (including phenoxy) is 1. The molecule has 1 saturated heterocycles. The van der Waals surface area contributed by atoms with Gasteiger partial charge in [0.15, 0.2) is 0 Å². The molecule has 1 saturated carbocycles. The van der Waals surface area contributed by atoms with Gasteiger partial charge in [-0.1, -0.05) is 12.1 Å². The topological polar surface area (TPSA) is 38.3 Å². The second kappa shape index (κ2) is 5.61. The maximum absolute atomic E-state index is 13.6. The Hall–Kier alpha value is -1.49. The van der Waals surface area contributed by atoms with Gasteiger partial charge in [0.25, 0.3) is 0 Å². The predicted molar refractivity (Wildman–Crippen MR) is 79.0 cm³/mol. The van der Waals surface area contributed by atoms with E-state index in [0.717, 1.165) is 24.9 Å². The number of methoxy groups -OCH3 is 1. The maximum Gasteiger partial charge on any atom is 0.337 e. The molecule has 1 aromatic carbocycles. The summed E-state index contributed by atoms with van der Waals surface area (Å²) in [5.74, 6) is -2.87. The summed E-state index contributed by atoms with van der Waals surface area (Å²) < 4.78 is 31.9. The summed E-state index contributed by atoms with van der Waals surface area (Å²) in [5, 5.41) is 3.42. The van der Waals surface area contributed by atoms with Crippen LogP contribution < -0.4 is 5.32 Å². The van der Waals surface area contributed by atoms with Crippen molar-refractivity contribution in [3.8, 4) is 0 Å². The zero-order chi connectivity index (χ0) is 15.8. The molecule has 2 atom stereocenters. The maximum atomic E-state index is 13.6. The molecule has 5 heteroatoms. The number of nitrogens with one attached hydrogen (secondary N) is 1. The average molecular weight is 309 g/mol. The van der Waals surface area contributed by atoms with Gasteiger partial charge in [-0.05, 0) is 48.9 Å². The fourth-order valence-corrected chi connectivity index (χ4v) is 3.88. The molecular formula is C17H21F2NO2. The molecule has 2 fully saturated rings. The second-order valence-corrected chi connectivity index (χ2v) is 6.61. The van der Waals surface area contributed by atoms with E-state index in [4.69, 9.17) is 0 Å². The molecular weight excluding hydrogens is 288 g/mol. The van der Waals surface area contributed by atoms with E-state index in [9.17, 15) is 13.6 Å². The number of alkyl halides is 2. The number of carbonyl (C=O) groups is 1. The van der Waals surface area contributed by atoms with Gasteiger partial charge in [-0.15, -0.1) is 0 Å². The molecule has 1 aliphatic carbocycles. The largest absolute Gasteiger partial charge is 0.465 e. The second-order valence-electron chi connectivity index (χ2n) is 6.61. The third kappa shape index (κ3) is 3.00. The van der Waals surface area contributed by atoms with Crippen LogP contribution in [0.4, 0.5) is 8.78 Å². The third-order valence-electron chi connectivity index (χ3n) is 5.07. The summed E-state index contributed by atoms with van der Waals surface area (Å²) in [4.78, 5) is 11.5. The number of esters is 1. The van der Waals surface area contributed by atoms with Crippen LogP contribution in [0.15, 0.2) is 24.3 Å². The van der Waals surface area contributed by atoms with Crippen LogP contribution in [0.1, 0.15) is 54.1 Å². The van der Waals surface area contributed by atoms with Crippen molar-refractivity contribution in [3.63, 3.8) is 0 Å². The Morgan fingerprint density at radius 1 is 1.23 bits per heavy atom. The first-order valence-electron chi connectivity index (χ1n) is 7.73. The highest BCUT2D eigenvalue weighted by Gasteiger charge is 2.50. The summed E-state index contributed by atoms with van der Waals surface area (Å²) >= 11 is 0. The van der Waals surface area contributed by atoms with Crippen LogP contribution in [0.5, 0.6) is 0 Å². The molecule has 0 amide bonds. The number of hydrogen-bond donors (Lipinski definition) is 1. The first kappa shape index (κ1) is 15.4. The van der Waals surface area contributed by atoms with E-state index in [1.807, 2.05) is 12.1 Å². The van der Waals surface area contributed by atoms with Gasteiger partial charge in [0, 0.05) is 18.9 Å². The van der Waals surface area contributed by atoms with Crippen molar-refractivity contribution in [2.45, 2.75) is 44.1 Å². The molecule has 120 valence electrons. The van der Waals surface area contributed by atoms with Gasteiger partial charge in [-0.2, -0.15) is 0 Å². The minimum absolute atomic E-state index is 0.0123. The van der Waals surface area contributed by atoms with Crippen LogP contribution in [0.25, 0.3) is 0 Å². The van der Waals surface area contributed by atoms with Gasteiger partial charge in [0.1, 0.15) is 0 Å². The molecule has 1 aliphatic heterocycles. The van der Waals surface area contributed by atoms with Crippen LogP contribution in [-0.2, 0) is 4.74 Å². The van der Waals surface area contributed by atoms with Crippen LogP contribution in [0, 0.1) is 5.41 Å². The highest BCUT2D eigenvalue weighted by Crippen LogP contribution is 2.54. The predicted octanol–water partition coefficient (Wildman–Crippen LogP) is 3.70. The Labute approximate surface area is 129 Å². The van der Waals surface area contributed by atoms with Crippen molar-refractivity contribution in [2.24, 2.45) is 5.41 Å². The van der Waals surface area contributed by atoms with E-state index in [2.05, 4.69) is 10.1 Å². The molecule has 1 heterocycles. The molecule has 0 aromatic heterocycles. The first-order valence-corrected chi connectivity index (χ1v) is 7.73. The Morgan fingerprint density at radius 3 is 2.55 bits per heavy atom. The van der Waals surface area contributed by atoms with E-state index < -0.39 is 5.92 Å². The standard InChI is InChI=1S/C17H21F2NO2/c1-22-15(21)13-4-2-12(3-5-13)14-10-16(8-9-20-14)6-7-17(18,19)11-16/h2-5,14,20H,6-11H2,1H3/t14-,16?/m0/s1. The van der Waals surface area contributed by atoms with Gasteiger partial charge in [-0.3, -0.25) is 0 Å². The van der Waals surface area contributed by atoms with Gasteiger partial charge in [0.05, 0.1) is 12.7 Å². The molecule has 1 spiro atoms. The number of hydrogen-bond acceptors (Lipinski definition) is 3. The van der Waals surface area contributed by atoms with Crippen LogP contribution in [-0.4, -0.2) is 25.5 Å².